The van der Waals surface area contributed by atoms with E-state index in [-0.39, 0.29) is 0 Å². The van der Waals surface area contributed by atoms with Gasteiger partial charge in [0, 0.05) is 22.9 Å². The smallest absolute Gasteiger partial charge is 0.165 e. The van der Waals surface area contributed by atoms with Gasteiger partial charge < -0.3 is 0 Å². The van der Waals surface area contributed by atoms with E-state index in [1.807, 2.05) is 0 Å². The third-order valence-corrected chi connectivity index (χ3v) is 12.8. The predicted octanol–water partition coefficient (Wildman–Crippen LogP) is 8.85. The summed E-state index contributed by atoms with van der Waals surface area (Å²) in [5.74, 6) is 2.09. The second-order valence-electron chi connectivity index (χ2n) is 10.6. The molecule has 0 heterocycles. The lowest BCUT2D eigenvalue weighted by Gasteiger charge is -2.37. The quantitative estimate of drug-likeness (QED) is 0.297. The van der Waals surface area contributed by atoms with Gasteiger partial charge in [0.25, 0.3) is 0 Å². The molecule has 0 aromatic carbocycles. The molecule has 0 fully saturated rings. The molecule has 4 aliphatic rings. The average molecular weight is 449 g/mol. The minimum atomic E-state index is -2.29. The molecule has 0 saturated carbocycles. The Balaban J connectivity index is 1.80. The average Bonchev–Trinajstić information content (AvgIpc) is 2.99. The Kier molecular flexibility index (Phi) is 6.13. The van der Waals surface area contributed by atoms with Gasteiger partial charge in [-0.1, -0.05) is 106 Å². The standard InChI is InChI=1S/C29H37ClSi/c1-18(2)22-12-8-10-14-24-26(22)16-20(5)28(24)31(7,30)29-21(6)17-27-23(19(3)4)13-9-11-15-25(27)29/h8-19,22-23,28-29H,1-7H3. The Morgan fingerprint density at radius 3 is 1.42 bits per heavy atom. The highest BCUT2D eigenvalue weighted by atomic mass is 35.6. The monoisotopic (exact) mass is 448 g/mol. The largest absolute Gasteiger partial charge is 0.176 e. The van der Waals surface area contributed by atoms with Gasteiger partial charge in [0.1, 0.15) is 0 Å². The third-order valence-electron chi connectivity index (χ3n) is 7.66. The van der Waals surface area contributed by atoms with Crippen LogP contribution in [0.25, 0.3) is 0 Å². The molecule has 0 amide bonds. The molecule has 0 aromatic heterocycles. The van der Waals surface area contributed by atoms with Gasteiger partial charge >= 0.3 is 0 Å². The summed E-state index contributed by atoms with van der Waals surface area (Å²) in [5.41, 5.74) is 9.55. The van der Waals surface area contributed by atoms with Gasteiger partial charge in [-0.05, 0) is 48.0 Å². The molecule has 4 atom stereocenters. The fourth-order valence-electron chi connectivity index (χ4n) is 6.33. The maximum atomic E-state index is 7.82. The molecule has 0 N–H and O–H groups in total. The minimum absolute atomic E-state index is 0.351. The fraction of sp³-hybridized carbons (Fsp3) is 0.448. The normalized spacial score (nSPS) is 31.7. The lowest BCUT2D eigenvalue weighted by molar-refractivity contribution is 0.533. The van der Waals surface area contributed by atoms with Crippen LogP contribution in [0.5, 0.6) is 0 Å². The molecule has 0 aliphatic heterocycles. The van der Waals surface area contributed by atoms with E-state index in [0.29, 0.717) is 34.8 Å². The van der Waals surface area contributed by atoms with Gasteiger partial charge in [-0.2, -0.15) is 11.1 Å². The number of hydrogen-bond donors (Lipinski definition) is 0. The van der Waals surface area contributed by atoms with Gasteiger partial charge in [0.15, 0.2) is 7.38 Å². The first-order chi connectivity index (χ1) is 14.6. The first kappa shape index (κ1) is 22.6. The van der Waals surface area contributed by atoms with Crippen molar-refractivity contribution >= 4 is 18.5 Å². The van der Waals surface area contributed by atoms with Gasteiger partial charge in [-0.15, -0.1) is 0 Å². The van der Waals surface area contributed by atoms with Crippen molar-refractivity contribution < 1.29 is 0 Å². The van der Waals surface area contributed by atoms with Crippen LogP contribution in [-0.4, -0.2) is 7.38 Å². The van der Waals surface area contributed by atoms with Crippen molar-refractivity contribution in [2.24, 2.45) is 23.7 Å². The highest BCUT2D eigenvalue weighted by Crippen LogP contribution is 2.58. The molecule has 0 radical (unpaired) electrons. The van der Waals surface area contributed by atoms with Crippen molar-refractivity contribution in [3.63, 3.8) is 0 Å². The topological polar surface area (TPSA) is 0 Å². The maximum absolute atomic E-state index is 7.82. The lowest BCUT2D eigenvalue weighted by Crippen LogP contribution is -2.37. The van der Waals surface area contributed by atoms with Crippen LogP contribution in [0.2, 0.25) is 17.6 Å². The zero-order valence-electron chi connectivity index (χ0n) is 20.1. The van der Waals surface area contributed by atoms with E-state index >= 15 is 0 Å². The third kappa shape index (κ3) is 3.78. The molecule has 31 heavy (non-hydrogen) atoms. The Morgan fingerprint density at radius 2 is 1.06 bits per heavy atom. The molecule has 4 unspecified atom stereocenters. The Labute approximate surface area is 195 Å². The van der Waals surface area contributed by atoms with Crippen LogP contribution >= 0.6 is 11.1 Å². The van der Waals surface area contributed by atoms with Crippen LogP contribution in [0.15, 0.2) is 94.2 Å². The first-order valence-electron chi connectivity index (χ1n) is 11.9. The Hall–Kier alpha value is -1.57. The summed E-state index contributed by atoms with van der Waals surface area (Å²) >= 11 is 7.82. The molecule has 0 saturated heterocycles. The second-order valence-corrected chi connectivity index (χ2v) is 16.5. The van der Waals surface area contributed by atoms with Crippen molar-refractivity contribution in [1.82, 2.24) is 0 Å². The summed E-state index contributed by atoms with van der Waals surface area (Å²) in [6, 6.07) is 0. The van der Waals surface area contributed by atoms with E-state index in [9.17, 15) is 0 Å². The predicted molar refractivity (Wildman–Crippen MR) is 140 cm³/mol. The Morgan fingerprint density at radius 1 is 0.677 bits per heavy atom. The highest BCUT2D eigenvalue weighted by Gasteiger charge is 2.51. The molecule has 0 spiro atoms. The van der Waals surface area contributed by atoms with E-state index in [1.165, 1.54) is 33.4 Å². The van der Waals surface area contributed by atoms with E-state index in [0.717, 1.165) is 0 Å². The number of halogens is 1. The summed E-state index contributed by atoms with van der Waals surface area (Å²) in [6.07, 6.45) is 23.3. The summed E-state index contributed by atoms with van der Waals surface area (Å²) in [7, 11) is -2.29. The fourth-order valence-corrected chi connectivity index (χ4v) is 12.1. The van der Waals surface area contributed by atoms with E-state index < -0.39 is 7.38 Å². The van der Waals surface area contributed by atoms with Crippen LogP contribution in [0.3, 0.4) is 0 Å². The van der Waals surface area contributed by atoms with E-state index in [4.69, 9.17) is 11.1 Å². The number of hydrogen-bond acceptors (Lipinski definition) is 0. The molecule has 0 aromatic rings. The summed E-state index contributed by atoms with van der Waals surface area (Å²) in [5, 5.41) is 0. The van der Waals surface area contributed by atoms with Crippen LogP contribution in [0.1, 0.15) is 41.5 Å². The van der Waals surface area contributed by atoms with Crippen molar-refractivity contribution in [2.45, 2.75) is 59.2 Å². The molecular weight excluding hydrogens is 412 g/mol. The van der Waals surface area contributed by atoms with Crippen molar-refractivity contribution in [3.05, 3.63) is 94.2 Å². The second kappa shape index (κ2) is 8.41. The molecular formula is C29H37ClSi. The van der Waals surface area contributed by atoms with E-state index in [2.05, 4.69) is 109 Å². The Bertz CT molecular complexity index is 923. The summed E-state index contributed by atoms with van der Waals surface area (Å²) in [4.78, 5) is 0. The maximum Gasteiger partial charge on any atom is 0.176 e. The summed E-state index contributed by atoms with van der Waals surface area (Å²) in [6.45, 7) is 16.4. The SMILES string of the molecule is CC1=CC2=C(C=CC=CC2C(C)C)C1[Si](C)(Cl)C1C(C)=CC2=C1C=CC=CC2C(C)C. The van der Waals surface area contributed by atoms with Gasteiger partial charge in [0.05, 0.1) is 0 Å². The van der Waals surface area contributed by atoms with Crippen LogP contribution in [-0.2, 0) is 0 Å². The molecule has 0 nitrogen and oxygen atoms in total. The first-order valence-corrected chi connectivity index (χ1v) is 15.5. The van der Waals surface area contributed by atoms with Crippen molar-refractivity contribution in [3.8, 4) is 0 Å². The van der Waals surface area contributed by atoms with Crippen molar-refractivity contribution in [2.75, 3.05) is 0 Å². The highest BCUT2D eigenvalue weighted by molar-refractivity contribution is 7.22. The van der Waals surface area contributed by atoms with Gasteiger partial charge in [-0.3, -0.25) is 0 Å². The summed E-state index contributed by atoms with van der Waals surface area (Å²) < 4.78 is 0. The van der Waals surface area contributed by atoms with Crippen molar-refractivity contribution in [1.29, 1.82) is 0 Å². The van der Waals surface area contributed by atoms with E-state index in [1.54, 1.807) is 0 Å². The molecule has 0 bridgehead atoms. The molecule has 164 valence electrons. The zero-order valence-corrected chi connectivity index (χ0v) is 21.9. The zero-order chi connectivity index (χ0) is 22.5. The van der Waals surface area contributed by atoms with Gasteiger partial charge in [0.2, 0.25) is 0 Å². The van der Waals surface area contributed by atoms with Gasteiger partial charge in [-0.25, -0.2) is 0 Å². The molecule has 2 heteroatoms. The molecule has 4 rings (SSSR count). The lowest BCUT2D eigenvalue weighted by atomic mass is 9.87. The number of allylic oxidation sites excluding steroid dienone is 16. The molecule has 4 aliphatic carbocycles. The minimum Gasteiger partial charge on any atom is -0.165 e. The van der Waals surface area contributed by atoms with Crippen LogP contribution in [0.4, 0.5) is 0 Å². The number of rotatable bonds is 4. The van der Waals surface area contributed by atoms with Crippen LogP contribution in [0, 0.1) is 23.7 Å². The van der Waals surface area contributed by atoms with Crippen LogP contribution < -0.4 is 0 Å².